The number of nitrogens with two attached hydrogens (primary N) is 1. The summed E-state index contributed by atoms with van der Waals surface area (Å²) < 4.78 is 17.0. The molecule has 1 aromatic heterocycles. The second-order valence-corrected chi connectivity index (χ2v) is 6.67. The first kappa shape index (κ1) is 20.6. The molecule has 0 fully saturated rings. The molecule has 2 rings (SSSR count). The SMILES string of the molecule is COc1cc(Oc2cnc(N)nc2NCCN(C)C)c(C(C)C)cc1OC. The van der Waals surface area contributed by atoms with Crippen LogP contribution in [0, 0.1) is 0 Å². The number of nitrogen functional groups attached to an aromatic ring is 1. The number of hydrogen-bond acceptors (Lipinski definition) is 8. The molecule has 0 atom stereocenters. The van der Waals surface area contributed by atoms with E-state index in [1.54, 1.807) is 20.4 Å². The molecule has 0 aliphatic carbocycles. The lowest BCUT2D eigenvalue weighted by molar-refractivity contribution is 0.350. The summed E-state index contributed by atoms with van der Waals surface area (Å²) in [6, 6.07) is 3.74. The first-order valence-electron chi connectivity index (χ1n) is 8.80. The lowest BCUT2D eigenvalue weighted by atomic mass is 10.0. The van der Waals surface area contributed by atoms with Crippen molar-refractivity contribution in [3.05, 3.63) is 23.9 Å². The van der Waals surface area contributed by atoms with E-state index in [0.29, 0.717) is 35.4 Å². The monoisotopic (exact) mass is 375 g/mol. The van der Waals surface area contributed by atoms with E-state index in [2.05, 4.69) is 34.0 Å². The van der Waals surface area contributed by atoms with Crippen molar-refractivity contribution in [1.29, 1.82) is 0 Å². The van der Waals surface area contributed by atoms with Crippen molar-refractivity contribution in [1.82, 2.24) is 14.9 Å². The average molecular weight is 375 g/mol. The summed E-state index contributed by atoms with van der Waals surface area (Å²) in [5.74, 6) is 3.37. The first-order chi connectivity index (χ1) is 12.8. The minimum Gasteiger partial charge on any atom is -0.493 e. The van der Waals surface area contributed by atoms with E-state index < -0.39 is 0 Å². The normalized spacial score (nSPS) is 11.0. The second kappa shape index (κ2) is 9.27. The van der Waals surface area contributed by atoms with E-state index in [1.807, 2.05) is 26.2 Å². The largest absolute Gasteiger partial charge is 0.493 e. The van der Waals surface area contributed by atoms with Crippen LogP contribution in [0.3, 0.4) is 0 Å². The molecule has 0 bridgehead atoms. The highest BCUT2D eigenvalue weighted by Crippen LogP contribution is 2.40. The van der Waals surface area contributed by atoms with Crippen molar-refractivity contribution >= 4 is 11.8 Å². The fraction of sp³-hybridized carbons (Fsp3) is 0.474. The van der Waals surface area contributed by atoms with Crippen LogP contribution in [0.4, 0.5) is 11.8 Å². The molecule has 0 spiro atoms. The van der Waals surface area contributed by atoms with Gasteiger partial charge < -0.3 is 30.2 Å². The molecule has 148 valence electrons. The molecular formula is C19H29N5O3. The molecule has 0 unspecified atom stereocenters. The van der Waals surface area contributed by atoms with Gasteiger partial charge in [-0.3, -0.25) is 0 Å². The third-order valence-corrected chi connectivity index (χ3v) is 3.98. The molecule has 1 heterocycles. The zero-order valence-electron chi connectivity index (χ0n) is 16.9. The Bertz CT molecular complexity index is 765. The van der Waals surface area contributed by atoms with Crippen molar-refractivity contribution in [2.75, 3.05) is 52.5 Å². The number of aromatic nitrogens is 2. The number of rotatable bonds is 9. The maximum absolute atomic E-state index is 6.16. The Hall–Kier alpha value is -2.74. The standard InChI is InChI=1S/C19H29N5O3/c1-12(2)13-9-15(25-5)16(26-6)10-14(13)27-17-11-22-19(20)23-18(17)21-7-8-24(3)4/h9-12H,7-8H2,1-6H3,(H3,20,21,22,23). The van der Waals surface area contributed by atoms with Gasteiger partial charge in [0.1, 0.15) is 5.75 Å². The number of methoxy groups -OCH3 is 2. The van der Waals surface area contributed by atoms with Crippen molar-refractivity contribution in [3.8, 4) is 23.0 Å². The number of ether oxygens (including phenoxy) is 3. The van der Waals surface area contributed by atoms with Crippen molar-refractivity contribution < 1.29 is 14.2 Å². The van der Waals surface area contributed by atoms with Gasteiger partial charge in [-0.05, 0) is 26.1 Å². The Morgan fingerprint density at radius 1 is 1.07 bits per heavy atom. The van der Waals surface area contributed by atoms with Gasteiger partial charge in [0.05, 0.1) is 20.4 Å². The van der Waals surface area contributed by atoms with Gasteiger partial charge in [-0.1, -0.05) is 13.8 Å². The summed E-state index contributed by atoms with van der Waals surface area (Å²) in [5.41, 5.74) is 6.74. The van der Waals surface area contributed by atoms with E-state index >= 15 is 0 Å². The number of anilines is 2. The maximum atomic E-state index is 6.16. The quantitative estimate of drug-likeness (QED) is 0.691. The van der Waals surface area contributed by atoms with Crippen molar-refractivity contribution in [2.45, 2.75) is 19.8 Å². The highest BCUT2D eigenvalue weighted by Gasteiger charge is 2.17. The smallest absolute Gasteiger partial charge is 0.222 e. The Morgan fingerprint density at radius 3 is 2.33 bits per heavy atom. The topological polar surface area (TPSA) is 94.8 Å². The minimum atomic E-state index is 0.186. The molecule has 1 aromatic carbocycles. The summed E-state index contributed by atoms with van der Waals surface area (Å²) >= 11 is 0. The fourth-order valence-corrected chi connectivity index (χ4v) is 2.52. The van der Waals surface area contributed by atoms with Crippen LogP contribution in [0.5, 0.6) is 23.0 Å². The van der Waals surface area contributed by atoms with E-state index in [9.17, 15) is 0 Å². The molecule has 0 aliphatic rings. The van der Waals surface area contributed by atoms with Crippen LogP contribution in [0.1, 0.15) is 25.3 Å². The van der Waals surface area contributed by atoms with Gasteiger partial charge >= 0.3 is 0 Å². The molecule has 0 saturated carbocycles. The molecule has 0 saturated heterocycles. The van der Waals surface area contributed by atoms with Gasteiger partial charge in [-0.25, -0.2) is 4.98 Å². The predicted molar refractivity (Wildman–Crippen MR) is 107 cm³/mol. The molecule has 8 heteroatoms. The first-order valence-corrected chi connectivity index (χ1v) is 8.80. The zero-order chi connectivity index (χ0) is 20.0. The van der Waals surface area contributed by atoms with Crippen molar-refractivity contribution in [3.63, 3.8) is 0 Å². The van der Waals surface area contributed by atoms with Gasteiger partial charge in [0.15, 0.2) is 23.1 Å². The number of hydrogen-bond donors (Lipinski definition) is 2. The molecule has 3 N–H and O–H groups in total. The van der Waals surface area contributed by atoms with Crippen LogP contribution in [-0.4, -0.2) is 56.3 Å². The Kier molecular flexibility index (Phi) is 7.06. The van der Waals surface area contributed by atoms with Gasteiger partial charge in [0.25, 0.3) is 0 Å². The third-order valence-electron chi connectivity index (χ3n) is 3.98. The number of benzene rings is 1. The maximum Gasteiger partial charge on any atom is 0.222 e. The number of likely N-dealkylation sites (N-methyl/N-ethyl adjacent to an activating group) is 1. The summed E-state index contributed by atoms with van der Waals surface area (Å²) in [6.07, 6.45) is 1.57. The van der Waals surface area contributed by atoms with Crippen LogP contribution in [0.2, 0.25) is 0 Å². The average Bonchev–Trinajstić information content (AvgIpc) is 2.62. The van der Waals surface area contributed by atoms with E-state index in [4.69, 9.17) is 19.9 Å². The Balaban J connectivity index is 2.38. The highest BCUT2D eigenvalue weighted by atomic mass is 16.5. The van der Waals surface area contributed by atoms with Crippen molar-refractivity contribution in [2.24, 2.45) is 0 Å². The van der Waals surface area contributed by atoms with E-state index in [1.165, 1.54) is 0 Å². The minimum absolute atomic E-state index is 0.186. The Labute approximate surface area is 160 Å². The lowest BCUT2D eigenvalue weighted by Gasteiger charge is -2.19. The van der Waals surface area contributed by atoms with Crippen LogP contribution >= 0.6 is 0 Å². The van der Waals surface area contributed by atoms with Gasteiger partial charge in [0, 0.05) is 24.7 Å². The summed E-state index contributed by atoms with van der Waals surface area (Å²) in [7, 11) is 7.22. The van der Waals surface area contributed by atoms with E-state index in [-0.39, 0.29) is 11.9 Å². The van der Waals surface area contributed by atoms with Crippen LogP contribution in [0.15, 0.2) is 18.3 Å². The van der Waals surface area contributed by atoms with Gasteiger partial charge in [0.2, 0.25) is 5.95 Å². The molecule has 2 aromatic rings. The lowest BCUT2D eigenvalue weighted by Crippen LogP contribution is -2.21. The van der Waals surface area contributed by atoms with Gasteiger partial charge in [-0.2, -0.15) is 4.98 Å². The van der Waals surface area contributed by atoms with Crippen LogP contribution in [0.25, 0.3) is 0 Å². The zero-order valence-corrected chi connectivity index (χ0v) is 16.9. The highest BCUT2D eigenvalue weighted by molar-refractivity contribution is 5.57. The molecule has 8 nitrogen and oxygen atoms in total. The molecule has 0 aliphatic heterocycles. The van der Waals surface area contributed by atoms with Crippen LogP contribution < -0.4 is 25.3 Å². The molecule has 0 radical (unpaired) electrons. The van der Waals surface area contributed by atoms with Crippen LogP contribution in [-0.2, 0) is 0 Å². The summed E-state index contributed by atoms with van der Waals surface area (Å²) in [5, 5.41) is 3.25. The fourth-order valence-electron chi connectivity index (χ4n) is 2.52. The molecule has 0 amide bonds. The summed E-state index contributed by atoms with van der Waals surface area (Å²) in [4.78, 5) is 10.4. The number of nitrogens with one attached hydrogen (secondary N) is 1. The van der Waals surface area contributed by atoms with Gasteiger partial charge in [-0.15, -0.1) is 0 Å². The second-order valence-electron chi connectivity index (χ2n) is 6.67. The molecular weight excluding hydrogens is 346 g/mol. The molecule has 27 heavy (non-hydrogen) atoms. The third kappa shape index (κ3) is 5.37. The number of nitrogens with zero attached hydrogens (tertiary/aromatic N) is 3. The van der Waals surface area contributed by atoms with E-state index in [0.717, 1.165) is 12.1 Å². The Morgan fingerprint density at radius 2 is 1.74 bits per heavy atom. The summed E-state index contributed by atoms with van der Waals surface area (Å²) in [6.45, 7) is 5.72. The predicted octanol–water partition coefficient (Wildman–Crippen LogP) is 2.97.